The standard InChI is InChI=1S/C19H29N3O2/c1-20-11-13-22(14-12-20)18(23)15-21-9-7-17(8-10-21)19(24)16-5-3-2-4-6-16/h2-6,17,19,24H,7-15H2,1H3. The SMILES string of the molecule is CN1CCN(C(=O)CN2CCC(C(O)c3ccccc3)CC2)CC1. The van der Waals surface area contributed by atoms with E-state index in [9.17, 15) is 9.90 Å². The van der Waals surface area contributed by atoms with Gasteiger partial charge in [-0.2, -0.15) is 0 Å². The van der Waals surface area contributed by atoms with Gasteiger partial charge in [0, 0.05) is 26.2 Å². The molecule has 2 fully saturated rings. The van der Waals surface area contributed by atoms with Crippen LogP contribution in [0.1, 0.15) is 24.5 Å². The predicted octanol–water partition coefficient (Wildman–Crippen LogP) is 1.21. The zero-order valence-corrected chi connectivity index (χ0v) is 14.6. The highest BCUT2D eigenvalue weighted by atomic mass is 16.3. The Labute approximate surface area is 144 Å². The lowest BCUT2D eigenvalue weighted by molar-refractivity contribution is -0.134. The van der Waals surface area contributed by atoms with E-state index in [1.165, 1.54) is 0 Å². The largest absolute Gasteiger partial charge is 0.388 e. The van der Waals surface area contributed by atoms with E-state index in [-0.39, 0.29) is 12.0 Å². The minimum absolute atomic E-state index is 0.255. The molecule has 2 saturated heterocycles. The van der Waals surface area contributed by atoms with Crippen molar-refractivity contribution in [1.29, 1.82) is 0 Å². The van der Waals surface area contributed by atoms with Crippen LogP contribution in [0.15, 0.2) is 30.3 Å². The molecule has 0 radical (unpaired) electrons. The van der Waals surface area contributed by atoms with Gasteiger partial charge >= 0.3 is 0 Å². The number of piperazine rings is 1. The predicted molar refractivity (Wildman–Crippen MR) is 94.6 cm³/mol. The summed E-state index contributed by atoms with van der Waals surface area (Å²) in [7, 11) is 2.10. The van der Waals surface area contributed by atoms with Crippen molar-refractivity contribution in [2.24, 2.45) is 5.92 Å². The average molecular weight is 331 g/mol. The number of aliphatic hydroxyl groups is 1. The third kappa shape index (κ3) is 4.35. The van der Waals surface area contributed by atoms with Crippen LogP contribution in [0.4, 0.5) is 0 Å². The van der Waals surface area contributed by atoms with Crippen LogP contribution in [0.2, 0.25) is 0 Å². The number of hydrogen-bond donors (Lipinski definition) is 1. The fourth-order valence-electron chi connectivity index (χ4n) is 3.70. The number of likely N-dealkylation sites (N-methyl/N-ethyl adjacent to an activating group) is 1. The number of piperidine rings is 1. The quantitative estimate of drug-likeness (QED) is 0.901. The van der Waals surface area contributed by atoms with Gasteiger partial charge in [0.25, 0.3) is 0 Å². The Balaban J connectivity index is 1.44. The fraction of sp³-hybridized carbons (Fsp3) is 0.632. The second-order valence-corrected chi connectivity index (χ2v) is 7.15. The summed E-state index contributed by atoms with van der Waals surface area (Å²) < 4.78 is 0. The molecule has 24 heavy (non-hydrogen) atoms. The molecular formula is C19H29N3O2. The Hall–Kier alpha value is -1.43. The van der Waals surface area contributed by atoms with Crippen LogP contribution in [0, 0.1) is 5.92 Å². The number of carbonyl (C=O) groups excluding carboxylic acids is 1. The maximum absolute atomic E-state index is 12.4. The number of carbonyl (C=O) groups is 1. The first-order chi connectivity index (χ1) is 11.6. The zero-order valence-electron chi connectivity index (χ0n) is 14.6. The molecule has 0 saturated carbocycles. The molecule has 1 N–H and O–H groups in total. The molecule has 132 valence electrons. The molecule has 2 aliphatic heterocycles. The zero-order chi connectivity index (χ0) is 16.9. The monoisotopic (exact) mass is 331 g/mol. The molecule has 2 aliphatic rings. The van der Waals surface area contributed by atoms with E-state index in [1.54, 1.807) is 0 Å². The van der Waals surface area contributed by atoms with Gasteiger partial charge in [-0.1, -0.05) is 30.3 Å². The summed E-state index contributed by atoms with van der Waals surface area (Å²) in [5.41, 5.74) is 1.00. The second kappa shape index (κ2) is 8.10. The van der Waals surface area contributed by atoms with Crippen molar-refractivity contribution in [3.05, 3.63) is 35.9 Å². The highest BCUT2D eigenvalue weighted by molar-refractivity contribution is 5.78. The van der Waals surface area contributed by atoms with Crippen LogP contribution in [0.25, 0.3) is 0 Å². The Morgan fingerprint density at radius 3 is 2.33 bits per heavy atom. The average Bonchev–Trinajstić information content (AvgIpc) is 2.63. The van der Waals surface area contributed by atoms with Crippen molar-refractivity contribution in [3.8, 4) is 0 Å². The lowest BCUT2D eigenvalue weighted by atomic mass is 9.87. The third-order valence-corrected chi connectivity index (χ3v) is 5.43. The highest BCUT2D eigenvalue weighted by Gasteiger charge is 2.28. The van der Waals surface area contributed by atoms with E-state index in [1.807, 2.05) is 35.2 Å². The molecule has 1 aromatic rings. The van der Waals surface area contributed by atoms with Gasteiger partial charge in [0.15, 0.2) is 0 Å². The lowest BCUT2D eigenvalue weighted by Gasteiger charge is -2.37. The normalized spacial score (nSPS) is 22.5. The van der Waals surface area contributed by atoms with Crippen LogP contribution in [0.3, 0.4) is 0 Å². The third-order valence-electron chi connectivity index (χ3n) is 5.43. The van der Waals surface area contributed by atoms with Gasteiger partial charge in [-0.25, -0.2) is 0 Å². The van der Waals surface area contributed by atoms with Gasteiger partial charge in [-0.3, -0.25) is 9.69 Å². The van der Waals surface area contributed by atoms with E-state index in [0.717, 1.165) is 57.7 Å². The van der Waals surface area contributed by atoms with Crippen LogP contribution in [-0.4, -0.2) is 78.6 Å². The summed E-state index contributed by atoms with van der Waals surface area (Å²) in [6.45, 7) is 5.95. The molecule has 1 unspecified atom stereocenters. The minimum Gasteiger partial charge on any atom is -0.388 e. The number of likely N-dealkylation sites (tertiary alicyclic amines) is 1. The first-order valence-corrected chi connectivity index (χ1v) is 9.05. The molecule has 5 heteroatoms. The van der Waals surface area contributed by atoms with E-state index < -0.39 is 0 Å². The lowest BCUT2D eigenvalue weighted by Crippen LogP contribution is -2.51. The summed E-state index contributed by atoms with van der Waals surface area (Å²) in [5.74, 6) is 0.549. The Kier molecular flexibility index (Phi) is 5.87. The summed E-state index contributed by atoms with van der Waals surface area (Å²) in [6, 6.07) is 9.91. The van der Waals surface area contributed by atoms with E-state index >= 15 is 0 Å². The Bertz CT molecular complexity index is 521. The van der Waals surface area contributed by atoms with E-state index in [4.69, 9.17) is 0 Å². The van der Waals surface area contributed by atoms with Crippen molar-refractivity contribution in [2.75, 3.05) is 52.9 Å². The Morgan fingerprint density at radius 1 is 1.08 bits per heavy atom. The van der Waals surface area contributed by atoms with Crippen molar-refractivity contribution in [3.63, 3.8) is 0 Å². The van der Waals surface area contributed by atoms with E-state index in [0.29, 0.717) is 12.5 Å². The smallest absolute Gasteiger partial charge is 0.236 e. The van der Waals surface area contributed by atoms with Gasteiger partial charge in [0.2, 0.25) is 5.91 Å². The topological polar surface area (TPSA) is 47.0 Å². The van der Waals surface area contributed by atoms with Gasteiger partial charge in [0.05, 0.1) is 12.6 Å². The molecule has 0 aliphatic carbocycles. The summed E-state index contributed by atoms with van der Waals surface area (Å²) in [5, 5.41) is 10.5. The molecule has 5 nitrogen and oxygen atoms in total. The molecule has 0 spiro atoms. The molecule has 3 rings (SSSR count). The number of nitrogens with zero attached hydrogens (tertiary/aromatic N) is 3. The van der Waals surface area contributed by atoms with Gasteiger partial charge in [-0.15, -0.1) is 0 Å². The summed E-state index contributed by atoms with van der Waals surface area (Å²) in [6.07, 6.45) is 1.51. The van der Waals surface area contributed by atoms with Gasteiger partial charge < -0.3 is 14.9 Å². The molecule has 0 bridgehead atoms. The summed E-state index contributed by atoms with van der Waals surface area (Å²) in [4.78, 5) is 18.9. The number of aliphatic hydroxyl groups excluding tert-OH is 1. The number of hydrogen-bond acceptors (Lipinski definition) is 4. The molecule has 0 aromatic heterocycles. The van der Waals surface area contributed by atoms with E-state index in [2.05, 4.69) is 16.8 Å². The molecule has 2 heterocycles. The van der Waals surface area contributed by atoms with Gasteiger partial charge in [-0.05, 0) is 44.5 Å². The van der Waals surface area contributed by atoms with Crippen molar-refractivity contribution in [1.82, 2.24) is 14.7 Å². The van der Waals surface area contributed by atoms with Crippen LogP contribution >= 0.6 is 0 Å². The molecule has 1 aromatic carbocycles. The van der Waals surface area contributed by atoms with Crippen molar-refractivity contribution in [2.45, 2.75) is 18.9 Å². The minimum atomic E-state index is -0.387. The highest BCUT2D eigenvalue weighted by Crippen LogP contribution is 2.30. The number of benzene rings is 1. The first kappa shape index (κ1) is 17.4. The summed E-state index contributed by atoms with van der Waals surface area (Å²) >= 11 is 0. The second-order valence-electron chi connectivity index (χ2n) is 7.15. The van der Waals surface area contributed by atoms with Crippen molar-refractivity contribution >= 4 is 5.91 Å². The number of rotatable bonds is 4. The van der Waals surface area contributed by atoms with Gasteiger partial charge in [0.1, 0.15) is 0 Å². The first-order valence-electron chi connectivity index (χ1n) is 9.05. The van der Waals surface area contributed by atoms with Crippen LogP contribution in [-0.2, 0) is 4.79 Å². The molecule has 1 atom stereocenters. The molecule has 1 amide bonds. The fourth-order valence-corrected chi connectivity index (χ4v) is 3.70. The number of amides is 1. The van der Waals surface area contributed by atoms with Crippen LogP contribution < -0.4 is 0 Å². The van der Waals surface area contributed by atoms with Crippen molar-refractivity contribution < 1.29 is 9.90 Å². The molecular weight excluding hydrogens is 302 g/mol. The Morgan fingerprint density at radius 2 is 1.71 bits per heavy atom. The maximum Gasteiger partial charge on any atom is 0.236 e. The maximum atomic E-state index is 12.4. The van der Waals surface area contributed by atoms with Crippen LogP contribution in [0.5, 0.6) is 0 Å².